The maximum atomic E-state index is 12.7. The largest absolute Gasteiger partial charge is 0.493 e. The van der Waals surface area contributed by atoms with Crippen molar-refractivity contribution < 1.29 is 19.4 Å². The summed E-state index contributed by atoms with van der Waals surface area (Å²) in [5, 5.41) is 20.0. The highest BCUT2D eigenvalue weighted by atomic mass is 16.5. The third kappa shape index (κ3) is 4.46. The second-order valence-corrected chi connectivity index (χ2v) is 10.7. The maximum Gasteiger partial charge on any atom is 0.337 e. The van der Waals surface area contributed by atoms with Crippen LogP contribution in [0.15, 0.2) is 61.1 Å². The summed E-state index contributed by atoms with van der Waals surface area (Å²) < 4.78 is 12.1. The van der Waals surface area contributed by atoms with Crippen LogP contribution in [0.5, 0.6) is 5.75 Å². The number of carboxylic acids is 1. The fraction of sp³-hybridized carbons (Fsp3) is 0.258. The summed E-state index contributed by atoms with van der Waals surface area (Å²) in [6.45, 7) is 8.09. The number of pyridine rings is 2. The number of aliphatic carboxylic acids is 1. The summed E-state index contributed by atoms with van der Waals surface area (Å²) in [7, 11) is 0. The molecular formula is C31H28N4O4. The standard InChI is InChI=1S/C31H28N4O4/c1-17-15-23-20(5-7-22(35-23)19-10-13-33-34-16-19)27(25(17)29(30(36)37)39-31(2,3)4)21-6-8-24-26-18(11-14-38-24)9-12-32-28(21)26/h5-10,12-13,15-16,29H,11,14H2,1-4H3,(H,36,37)/t29-/m0/s1. The van der Waals surface area contributed by atoms with Crippen molar-refractivity contribution >= 4 is 27.8 Å². The topological polar surface area (TPSA) is 107 Å². The van der Waals surface area contributed by atoms with Gasteiger partial charge in [0.25, 0.3) is 0 Å². The quantitative estimate of drug-likeness (QED) is 0.297. The third-order valence-corrected chi connectivity index (χ3v) is 6.92. The smallest absolute Gasteiger partial charge is 0.337 e. The first-order chi connectivity index (χ1) is 18.7. The average molecular weight is 521 g/mol. The highest BCUT2D eigenvalue weighted by Crippen LogP contribution is 2.45. The van der Waals surface area contributed by atoms with Crippen LogP contribution in [0.25, 0.3) is 44.2 Å². The minimum Gasteiger partial charge on any atom is -0.493 e. The van der Waals surface area contributed by atoms with Gasteiger partial charge in [-0.15, -0.1) is 0 Å². The number of hydrogen-bond donors (Lipinski definition) is 1. The zero-order valence-electron chi connectivity index (χ0n) is 22.2. The molecule has 0 radical (unpaired) electrons. The molecule has 0 saturated heterocycles. The molecule has 4 heterocycles. The van der Waals surface area contributed by atoms with Gasteiger partial charge in [-0.1, -0.05) is 6.07 Å². The predicted octanol–water partition coefficient (Wildman–Crippen LogP) is 6.09. The Labute approximate surface area is 225 Å². The normalized spacial score (nSPS) is 13.8. The molecule has 2 aromatic carbocycles. The van der Waals surface area contributed by atoms with E-state index in [-0.39, 0.29) is 0 Å². The zero-order chi connectivity index (χ0) is 27.3. The first-order valence-corrected chi connectivity index (χ1v) is 12.9. The van der Waals surface area contributed by atoms with E-state index in [4.69, 9.17) is 19.4 Å². The van der Waals surface area contributed by atoms with Gasteiger partial charge in [-0.05, 0) is 80.8 Å². The van der Waals surface area contributed by atoms with Crippen LogP contribution < -0.4 is 4.74 Å². The van der Waals surface area contributed by atoms with Crippen molar-refractivity contribution in [1.29, 1.82) is 0 Å². The van der Waals surface area contributed by atoms with Crippen LogP contribution >= 0.6 is 0 Å². The van der Waals surface area contributed by atoms with Crippen LogP contribution in [-0.2, 0) is 16.0 Å². The van der Waals surface area contributed by atoms with Crippen molar-refractivity contribution in [1.82, 2.24) is 20.2 Å². The Bertz CT molecular complexity index is 1740. The molecule has 1 atom stereocenters. The highest BCUT2D eigenvalue weighted by Gasteiger charge is 2.33. The van der Waals surface area contributed by atoms with Gasteiger partial charge < -0.3 is 14.6 Å². The molecule has 196 valence electrons. The van der Waals surface area contributed by atoms with Crippen LogP contribution in [0.2, 0.25) is 0 Å². The first kappa shape index (κ1) is 24.9. The van der Waals surface area contributed by atoms with Crippen molar-refractivity contribution in [3.8, 4) is 28.1 Å². The van der Waals surface area contributed by atoms with E-state index in [0.717, 1.165) is 67.5 Å². The summed E-state index contributed by atoms with van der Waals surface area (Å²) in [4.78, 5) is 22.5. The van der Waals surface area contributed by atoms with Crippen LogP contribution in [-0.4, -0.2) is 43.4 Å². The molecule has 0 unspecified atom stereocenters. The van der Waals surface area contributed by atoms with Crippen molar-refractivity contribution in [3.05, 3.63) is 77.7 Å². The van der Waals surface area contributed by atoms with Crippen molar-refractivity contribution in [2.24, 2.45) is 0 Å². The molecule has 6 rings (SSSR count). The number of carbonyl (C=O) groups is 1. The summed E-state index contributed by atoms with van der Waals surface area (Å²) >= 11 is 0. The average Bonchev–Trinajstić information content (AvgIpc) is 2.91. The minimum absolute atomic E-state index is 0.587. The van der Waals surface area contributed by atoms with Gasteiger partial charge in [-0.2, -0.15) is 10.2 Å². The summed E-state index contributed by atoms with van der Waals surface area (Å²) in [5.74, 6) is -0.270. The Balaban J connectivity index is 1.70. The summed E-state index contributed by atoms with van der Waals surface area (Å²) in [6, 6.07) is 13.6. The van der Waals surface area contributed by atoms with Gasteiger partial charge in [0.05, 0.1) is 41.3 Å². The van der Waals surface area contributed by atoms with E-state index in [2.05, 4.69) is 10.2 Å². The molecule has 0 fully saturated rings. The summed E-state index contributed by atoms with van der Waals surface area (Å²) in [6.07, 6.45) is 4.69. The van der Waals surface area contributed by atoms with Gasteiger partial charge in [-0.3, -0.25) is 4.98 Å². The molecular weight excluding hydrogens is 492 g/mol. The Morgan fingerprint density at radius 2 is 1.92 bits per heavy atom. The Kier molecular flexibility index (Phi) is 5.99. The number of aromatic nitrogens is 4. The lowest BCUT2D eigenvalue weighted by Crippen LogP contribution is -2.28. The number of carboxylic acid groups (broad SMARTS) is 1. The van der Waals surface area contributed by atoms with Gasteiger partial charge in [0, 0.05) is 40.1 Å². The van der Waals surface area contributed by atoms with Gasteiger partial charge in [-0.25, -0.2) is 9.78 Å². The number of hydrogen-bond acceptors (Lipinski definition) is 7. The van der Waals surface area contributed by atoms with Crippen LogP contribution in [0, 0.1) is 6.92 Å². The Morgan fingerprint density at radius 1 is 1.08 bits per heavy atom. The lowest BCUT2D eigenvalue weighted by Gasteiger charge is -2.29. The second-order valence-electron chi connectivity index (χ2n) is 10.7. The molecule has 0 amide bonds. The highest BCUT2D eigenvalue weighted by molar-refractivity contribution is 6.08. The number of aryl methyl sites for hydroxylation is 1. The van der Waals surface area contributed by atoms with Gasteiger partial charge in [0.2, 0.25) is 0 Å². The number of nitrogens with zero attached hydrogens (tertiary/aromatic N) is 4. The van der Waals surface area contributed by atoms with E-state index in [1.165, 1.54) is 0 Å². The molecule has 39 heavy (non-hydrogen) atoms. The number of fused-ring (bicyclic) bond motifs is 1. The third-order valence-electron chi connectivity index (χ3n) is 6.92. The van der Waals surface area contributed by atoms with Crippen molar-refractivity contribution in [2.45, 2.75) is 45.8 Å². The first-order valence-electron chi connectivity index (χ1n) is 12.9. The number of ether oxygens (including phenoxy) is 2. The number of benzene rings is 2. The van der Waals surface area contributed by atoms with E-state index < -0.39 is 17.7 Å². The predicted molar refractivity (Wildman–Crippen MR) is 149 cm³/mol. The van der Waals surface area contributed by atoms with Gasteiger partial charge in [0.15, 0.2) is 6.10 Å². The molecule has 0 aliphatic carbocycles. The summed E-state index contributed by atoms with van der Waals surface area (Å²) in [5.41, 5.74) is 6.47. The van der Waals surface area contributed by atoms with Gasteiger partial charge in [0.1, 0.15) is 5.75 Å². The molecule has 0 bridgehead atoms. The minimum atomic E-state index is -1.20. The maximum absolute atomic E-state index is 12.7. The van der Waals surface area contributed by atoms with E-state index >= 15 is 0 Å². The zero-order valence-corrected chi connectivity index (χ0v) is 22.2. The molecule has 5 aromatic rings. The molecule has 1 N–H and O–H groups in total. The molecule has 8 nitrogen and oxygen atoms in total. The molecule has 1 aliphatic rings. The Hall–Kier alpha value is -4.43. The van der Waals surface area contributed by atoms with Crippen molar-refractivity contribution in [2.75, 3.05) is 6.61 Å². The van der Waals surface area contributed by atoms with E-state index in [9.17, 15) is 9.90 Å². The van der Waals surface area contributed by atoms with E-state index in [1.807, 2.05) is 70.2 Å². The van der Waals surface area contributed by atoms with Crippen LogP contribution in [0.3, 0.4) is 0 Å². The lowest BCUT2D eigenvalue weighted by molar-refractivity contribution is -0.160. The lowest BCUT2D eigenvalue weighted by atomic mass is 9.86. The number of rotatable bonds is 5. The molecule has 0 spiro atoms. The molecule has 8 heteroatoms. The van der Waals surface area contributed by atoms with Gasteiger partial charge >= 0.3 is 5.97 Å². The SMILES string of the molecule is Cc1cc2nc(-c3ccnnc3)ccc2c(-c2ccc3c4c(ccnc24)CCO3)c1[C@H](OC(C)(C)C)C(=O)O. The second kappa shape index (κ2) is 9.39. The van der Waals surface area contributed by atoms with Crippen molar-refractivity contribution in [3.63, 3.8) is 0 Å². The Morgan fingerprint density at radius 3 is 2.67 bits per heavy atom. The molecule has 3 aromatic heterocycles. The van der Waals surface area contributed by atoms with E-state index in [0.29, 0.717) is 12.2 Å². The fourth-order valence-electron chi connectivity index (χ4n) is 5.34. The molecule has 0 saturated carbocycles. The van der Waals surface area contributed by atoms with Crippen LogP contribution in [0.4, 0.5) is 0 Å². The van der Waals surface area contributed by atoms with E-state index in [1.54, 1.807) is 18.6 Å². The van der Waals surface area contributed by atoms with Crippen LogP contribution in [0.1, 0.15) is 43.6 Å². The fourth-order valence-corrected chi connectivity index (χ4v) is 5.34. The molecule has 1 aliphatic heterocycles. The monoisotopic (exact) mass is 520 g/mol.